The van der Waals surface area contributed by atoms with Crippen molar-refractivity contribution >= 4 is 16.1 Å². The van der Waals surface area contributed by atoms with E-state index in [0.717, 1.165) is 31.5 Å². The summed E-state index contributed by atoms with van der Waals surface area (Å²) >= 11 is 0. The van der Waals surface area contributed by atoms with Crippen molar-refractivity contribution < 1.29 is 23.1 Å². The first-order valence-corrected chi connectivity index (χ1v) is 13.5. The molecule has 36 heavy (non-hydrogen) atoms. The lowest BCUT2D eigenvalue weighted by atomic mass is 9.91. The predicted molar refractivity (Wildman–Crippen MR) is 134 cm³/mol. The van der Waals surface area contributed by atoms with Crippen molar-refractivity contribution in [2.45, 2.75) is 36.8 Å². The Bertz CT molecular complexity index is 1200. The van der Waals surface area contributed by atoms with Crippen LogP contribution in [0.5, 0.6) is 5.75 Å². The summed E-state index contributed by atoms with van der Waals surface area (Å²) in [5.74, 6) is 1.00. The monoisotopic (exact) mass is 512 g/mol. The number of amides is 2. The summed E-state index contributed by atoms with van der Waals surface area (Å²) in [5, 5.41) is 19.4. The SMILES string of the molecule is Cc1ccc(S(=O)(=O)NC(=O)N(C)C2C3CCC2CN(CC(O)COc2ccc(C#N)cc2)C3)cc1. The van der Waals surface area contributed by atoms with E-state index in [0.29, 0.717) is 17.9 Å². The second-order valence-electron chi connectivity index (χ2n) is 9.74. The van der Waals surface area contributed by atoms with Gasteiger partial charge in [0.15, 0.2) is 0 Å². The Balaban J connectivity index is 1.29. The van der Waals surface area contributed by atoms with Crippen LogP contribution in [0.4, 0.5) is 4.79 Å². The molecule has 2 amide bonds. The van der Waals surface area contributed by atoms with Gasteiger partial charge in [-0.1, -0.05) is 17.7 Å². The number of aliphatic hydroxyl groups is 1. The lowest BCUT2D eigenvalue weighted by Crippen LogP contribution is -2.56. The Morgan fingerprint density at radius 3 is 2.36 bits per heavy atom. The third-order valence-electron chi connectivity index (χ3n) is 7.07. The molecule has 4 rings (SSSR count). The number of hydrogen-bond donors (Lipinski definition) is 2. The number of β-amino-alcohol motifs (C(OH)–C–C–N with tert-alkyl or cyclic N) is 1. The first-order chi connectivity index (χ1) is 17.2. The van der Waals surface area contributed by atoms with Crippen LogP contribution in [0, 0.1) is 30.1 Å². The molecule has 1 saturated carbocycles. The highest BCUT2D eigenvalue weighted by Crippen LogP contribution is 2.39. The van der Waals surface area contributed by atoms with E-state index < -0.39 is 22.2 Å². The molecule has 9 nitrogen and oxygen atoms in total. The van der Waals surface area contributed by atoms with Crippen LogP contribution in [0.1, 0.15) is 24.0 Å². The molecule has 1 aliphatic carbocycles. The fourth-order valence-corrected chi connectivity index (χ4v) is 6.33. The van der Waals surface area contributed by atoms with E-state index in [4.69, 9.17) is 10.00 Å². The van der Waals surface area contributed by atoms with Crippen LogP contribution in [0.15, 0.2) is 53.4 Å². The quantitative estimate of drug-likeness (QED) is 0.557. The van der Waals surface area contributed by atoms with Gasteiger partial charge in [-0.05, 0) is 68.0 Å². The fourth-order valence-electron chi connectivity index (χ4n) is 5.34. The Hall–Kier alpha value is -3.13. The van der Waals surface area contributed by atoms with Crippen LogP contribution in [0.3, 0.4) is 0 Å². The molecule has 3 unspecified atom stereocenters. The third-order valence-corrected chi connectivity index (χ3v) is 8.41. The van der Waals surface area contributed by atoms with E-state index in [1.54, 1.807) is 43.4 Å². The Labute approximate surface area is 212 Å². The second-order valence-corrected chi connectivity index (χ2v) is 11.4. The third kappa shape index (κ3) is 5.98. The smallest absolute Gasteiger partial charge is 0.331 e. The van der Waals surface area contributed by atoms with Crippen LogP contribution < -0.4 is 9.46 Å². The summed E-state index contributed by atoms with van der Waals surface area (Å²) in [6.45, 7) is 3.90. The summed E-state index contributed by atoms with van der Waals surface area (Å²) in [5.41, 5.74) is 1.49. The van der Waals surface area contributed by atoms with Gasteiger partial charge in [-0.25, -0.2) is 17.9 Å². The topological polar surface area (TPSA) is 123 Å². The van der Waals surface area contributed by atoms with Crippen molar-refractivity contribution in [2.24, 2.45) is 11.8 Å². The second kappa shape index (κ2) is 10.9. The summed E-state index contributed by atoms with van der Waals surface area (Å²) in [4.78, 5) is 16.7. The van der Waals surface area contributed by atoms with E-state index in [1.165, 1.54) is 17.0 Å². The number of fused-ring (bicyclic) bond motifs is 2. The van der Waals surface area contributed by atoms with Crippen molar-refractivity contribution in [3.05, 3.63) is 59.7 Å². The van der Waals surface area contributed by atoms with Crippen LogP contribution in [0.2, 0.25) is 0 Å². The van der Waals surface area contributed by atoms with Gasteiger partial charge in [0.1, 0.15) is 18.5 Å². The van der Waals surface area contributed by atoms with Crippen molar-refractivity contribution in [2.75, 3.05) is 33.3 Å². The van der Waals surface area contributed by atoms with Gasteiger partial charge in [-0.15, -0.1) is 0 Å². The van der Waals surface area contributed by atoms with Crippen molar-refractivity contribution in [1.29, 1.82) is 5.26 Å². The van der Waals surface area contributed by atoms with Gasteiger partial charge in [-0.3, -0.25) is 4.90 Å². The molecule has 1 aliphatic heterocycles. The number of ether oxygens (including phenoxy) is 1. The average Bonchev–Trinajstić information content (AvgIpc) is 3.12. The highest BCUT2D eigenvalue weighted by molar-refractivity contribution is 7.90. The molecule has 2 aliphatic rings. The highest BCUT2D eigenvalue weighted by atomic mass is 32.2. The van der Waals surface area contributed by atoms with Crippen LogP contribution in [-0.2, 0) is 10.0 Å². The molecule has 0 radical (unpaired) electrons. The lowest BCUT2D eigenvalue weighted by Gasteiger charge is -2.42. The number of likely N-dealkylation sites (tertiary alicyclic amines) is 1. The summed E-state index contributed by atoms with van der Waals surface area (Å²) in [6, 6.07) is 14.5. The van der Waals surface area contributed by atoms with E-state index in [9.17, 15) is 18.3 Å². The molecule has 0 aromatic heterocycles. The molecule has 2 aromatic carbocycles. The Morgan fingerprint density at radius 2 is 1.78 bits per heavy atom. The summed E-state index contributed by atoms with van der Waals surface area (Å²) in [7, 11) is -2.29. The predicted octanol–water partition coefficient (Wildman–Crippen LogP) is 2.35. The zero-order valence-electron chi connectivity index (χ0n) is 20.5. The minimum absolute atomic E-state index is 0.0542. The number of piperidine rings is 1. The maximum absolute atomic E-state index is 12.9. The molecule has 2 aromatic rings. The fraction of sp³-hybridized carbons (Fsp3) is 0.462. The molecule has 2 N–H and O–H groups in total. The van der Waals surface area contributed by atoms with Crippen molar-refractivity contribution in [1.82, 2.24) is 14.5 Å². The Kier molecular flexibility index (Phi) is 7.83. The number of hydrogen-bond acceptors (Lipinski definition) is 7. The molecular formula is C26H32N4O5S. The number of nitrogens with one attached hydrogen (secondary N) is 1. The molecule has 2 bridgehead atoms. The van der Waals surface area contributed by atoms with Crippen LogP contribution in [0.25, 0.3) is 0 Å². The maximum Gasteiger partial charge on any atom is 0.331 e. The zero-order valence-corrected chi connectivity index (χ0v) is 21.3. The molecule has 3 atom stereocenters. The zero-order chi connectivity index (χ0) is 25.9. The minimum Gasteiger partial charge on any atom is -0.491 e. The largest absolute Gasteiger partial charge is 0.491 e. The number of urea groups is 1. The number of benzene rings is 2. The lowest BCUT2D eigenvalue weighted by molar-refractivity contribution is 0.0268. The van der Waals surface area contributed by atoms with E-state index in [1.807, 2.05) is 6.92 Å². The molecule has 1 heterocycles. The van der Waals surface area contributed by atoms with Crippen molar-refractivity contribution in [3.8, 4) is 11.8 Å². The Morgan fingerprint density at radius 1 is 1.17 bits per heavy atom. The minimum atomic E-state index is -3.95. The molecule has 192 valence electrons. The van der Waals surface area contributed by atoms with Gasteiger partial charge in [0.05, 0.1) is 16.5 Å². The molecule has 10 heteroatoms. The van der Waals surface area contributed by atoms with E-state index in [-0.39, 0.29) is 29.4 Å². The van der Waals surface area contributed by atoms with E-state index in [2.05, 4.69) is 15.7 Å². The number of nitriles is 1. The number of carbonyl (C=O) groups excluding carboxylic acids is 1. The molecule has 0 spiro atoms. The van der Waals surface area contributed by atoms with Crippen molar-refractivity contribution in [3.63, 3.8) is 0 Å². The van der Waals surface area contributed by atoms with Gasteiger partial charge in [0.25, 0.3) is 10.0 Å². The number of nitrogens with zero attached hydrogens (tertiary/aromatic N) is 3. The normalized spacial score (nSPS) is 22.4. The van der Waals surface area contributed by atoms with Gasteiger partial charge < -0.3 is 14.7 Å². The number of carbonyl (C=O) groups is 1. The summed E-state index contributed by atoms with van der Waals surface area (Å²) in [6.07, 6.45) is 1.22. The summed E-state index contributed by atoms with van der Waals surface area (Å²) < 4.78 is 33.2. The van der Waals surface area contributed by atoms with Gasteiger partial charge in [0, 0.05) is 32.7 Å². The van der Waals surface area contributed by atoms with Crippen LogP contribution >= 0.6 is 0 Å². The molecule has 1 saturated heterocycles. The maximum atomic E-state index is 12.9. The first kappa shape index (κ1) is 25.9. The standard InChI is InChI=1S/C26H32N4O5S/c1-18-3-11-24(12-4-18)36(33,34)28-26(32)29(2)25-20-7-8-21(25)15-30(14-20)16-22(31)17-35-23-9-5-19(13-27)6-10-23/h3-6,9-12,20-22,25,31H,7-8,14-17H2,1-2H3,(H,28,32). The number of aryl methyl sites for hydroxylation is 1. The molecular weight excluding hydrogens is 480 g/mol. The van der Waals surface area contributed by atoms with E-state index >= 15 is 0 Å². The first-order valence-electron chi connectivity index (χ1n) is 12.1. The van der Waals surface area contributed by atoms with Gasteiger partial charge >= 0.3 is 6.03 Å². The number of rotatable bonds is 8. The molecule has 2 fully saturated rings. The number of sulfonamides is 1. The van der Waals surface area contributed by atoms with Crippen LogP contribution in [-0.4, -0.2) is 74.8 Å². The number of aliphatic hydroxyl groups excluding tert-OH is 1. The average molecular weight is 513 g/mol. The van der Waals surface area contributed by atoms with Gasteiger partial charge in [0.2, 0.25) is 0 Å². The highest BCUT2D eigenvalue weighted by Gasteiger charge is 2.45. The van der Waals surface area contributed by atoms with Gasteiger partial charge in [-0.2, -0.15) is 5.26 Å².